The van der Waals surface area contributed by atoms with Gasteiger partial charge in [-0.2, -0.15) is 0 Å². The summed E-state index contributed by atoms with van der Waals surface area (Å²) in [6, 6.07) is 9.80. The Morgan fingerprint density at radius 2 is 2.08 bits per heavy atom. The fourth-order valence-electron chi connectivity index (χ4n) is 2.36. The molecule has 0 aliphatic carbocycles. The zero-order valence-corrected chi connectivity index (χ0v) is 12.9. The second-order valence-electron chi connectivity index (χ2n) is 5.35. The SMILES string of the molecule is NC(=O)c1ccccc1NC(=O)c1ccc(OC2CCOC2)nc1. The number of nitrogens with one attached hydrogen (secondary N) is 1. The van der Waals surface area contributed by atoms with Crippen LogP contribution in [0.2, 0.25) is 0 Å². The highest BCUT2D eigenvalue weighted by molar-refractivity contribution is 6.08. The summed E-state index contributed by atoms with van der Waals surface area (Å²) >= 11 is 0. The van der Waals surface area contributed by atoms with Gasteiger partial charge in [0.25, 0.3) is 11.8 Å². The normalized spacial score (nSPS) is 16.6. The molecular formula is C17H17N3O4. The van der Waals surface area contributed by atoms with Crippen LogP contribution in [0, 0.1) is 0 Å². The van der Waals surface area contributed by atoms with Crippen molar-refractivity contribution in [2.24, 2.45) is 5.73 Å². The monoisotopic (exact) mass is 327 g/mol. The van der Waals surface area contributed by atoms with Gasteiger partial charge in [-0.3, -0.25) is 9.59 Å². The minimum absolute atomic E-state index is 0.000352. The van der Waals surface area contributed by atoms with E-state index < -0.39 is 5.91 Å². The molecule has 2 heterocycles. The van der Waals surface area contributed by atoms with Crippen LogP contribution in [0.3, 0.4) is 0 Å². The number of carbonyl (C=O) groups excluding carboxylic acids is 2. The highest BCUT2D eigenvalue weighted by atomic mass is 16.5. The first-order chi connectivity index (χ1) is 11.6. The Morgan fingerprint density at radius 3 is 2.75 bits per heavy atom. The molecule has 1 unspecified atom stereocenters. The smallest absolute Gasteiger partial charge is 0.257 e. The van der Waals surface area contributed by atoms with Crippen molar-refractivity contribution in [3.8, 4) is 5.88 Å². The molecule has 1 saturated heterocycles. The molecule has 3 N–H and O–H groups in total. The van der Waals surface area contributed by atoms with Gasteiger partial charge in [-0.25, -0.2) is 4.98 Å². The van der Waals surface area contributed by atoms with Crippen molar-refractivity contribution in [1.82, 2.24) is 4.98 Å². The standard InChI is InChI=1S/C17H17N3O4/c18-16(21)13-3-1-2-4-14(13)20-17(22)11-5-6-15(19-9-11)24-12-7-8-23-10-12/h1-6,9,12H,7-8,10H2,(H2,18,21)(H,20,22). The first kappa shape index (κ1) is 15.9. The number of para-hydroxylation sites is 1. The van der Waals surface area contributed by atoms with Crippen molar-refractivity contribution < 1.29 is 19.1 Å². The fourth-order valence-corrected chi connectivity index (χ4v) is 2.36. The van der Waals surface area contributed by atoms with Crippen LogP contribution in [-0.4, -0.2) is 36.1 Å². The number of carbonyl (C=O) groups is 2. The minimum Gasteiger partial charge on any atom is -0.472 e. The number of rotatable bonds is 5. The van der Waals surface area contributed by atoms with E-state index in [-0.39, 0.29) is 17.6 Å². The Bertz CT molecular complexity index is 740. The van der Waals surface area contributed by atoms with Gasteiger partial charge in [-0.1, -0.05) is 12.1 Å². The lowest BCUT2D eigenvalue weighted by molar-refractivity contribution is 0.100. The third kappa shape index (κ3) is 3.69. The average molecular weight is 327 g/mol. The highest BCUT2D eigenvalue weighted by Gasteiger charge is 2.18. The van der Waals surface area contributed by atoms with Gasteiger partial charge in [0.05, 0.1) is 30.0 Å². The molecule has 7 heteroatoms. The van der Waals surface area contributed by atoms with Crippen molar-refractivity contribution >= 4 is 17.5 Å². The van der Waals surface area contributed by atoms with Gasteiger partial charge in [-0.15, -0.1) is 0 Å². The summed E-state index contributed by atoms with van der Waals surface area (Å²) in [5.74, 6) is -0.543. The van der Waals surface area contributed by atoms with Crippen LogP contribution < -0.4 is 15.8 Å². The summed E-state index contributed by atoms with van der Waals surface area (Å²) in [7, 11) is 0. The van der Waals surface area contributed by atoms with Gasteiger partial charge in [0.15, 0.2) is 0 Å². The van der Waals surface area contributed by atoms with Gasteiger partial charge >= 0.3 is 0 Å². The van der Waals surface area contributed by atoms with Crippen molar-refractivity contribution in [2.75, 3.05) is 18.5 Å². The van der Waals surface area contributed by atoms with E-state index in [1.807, 2.05) is 0 Å². The Labute approximate surface area is 138 Å². The van der Waals surface area contributed by atoms with E-state index in [0.717, 1.165) is 6.42 Å². The van der Waals surface area contributed by atoms with Crippen molar-refractivity contribution in [2.45, 2.75) is 12.5 Å². The van der Waals surface area contributed by atoms with Gasteiger partial charge < -0.3 is 20.5 Å². The van der Waals surface area contributed by atoms with E-state index in [4.69, 9.17) is 15.2 Å². The van der Waals surface area contributed by atoms with Crippen molar-refractivity contribution in [1.29, 1.82) is 0 Å². The number of amides is 2. The molecule has 3 rings (SSSR count). The molecule has 1 aliphatic heterocycles. The van der Waals surface area contributed by atoms with Crippen LogP contribution >= 0.6 is 0 Å². The second-order valence-corrected chi connectivity index (χ2v) is 5.35. The van der Waals surface area contributed by atoms with E-state index in [0.29, 0.717) is 30.3 Å². The third-order valence-corrected chi connectivity index (χ3v) is 3.61. The predicted molar refractivity (Wildman–Crippen MR) is 87.0 cm³/mol. The Balaban J connectivity index is 1.68. The van der Waals surface area contributed by atoms with Crippen LogP contribution in [0.1, 0.15) is 27.1 Å². The molecule has 1 fully saturated rings. The number of nitrogens with two attached hydrogens (primary N) is 1. The number of nitrogens with zero attached hydrogens (tertiary/aromatic N) is 1. The van der Waals surface area contributed by atoms with Crippen LogP contribution in [0.15, 0.2) is 42.6 Å². The fraction of sp³-hybridized carbons (Fsp3) is 0.235. The van der Waals surface area contributed by atoms with Gasteiger partial charge in [0.1, 0.15) is 6.10 Å². The topological polar surface area (TPSA) is 104 Å². The summed E-state index contributed by atoms with van der Waals surface area (Å²) in [6.07, 6.45) is 2.25. The van der Waals surface area contributed by atoms with Crippen LogP contribution in [0.4, 0.5) is 5.69 Å². The van der Waals surface area contributed by atoms with Crippen molar-refractivity contribution in [3.63, 3.8) is 0 Å². The second kappa shape index (κ2) is 7.10. The number of primary amides is 1. The summed E-state index contributed by atoms with van der Waals surface area (Å²) in [5.41, 5.74) is 6.26. The number of hydrogen-bond donors (Lipinski definition) is 2. The summed E-state index contributed by atoms with van der Waals surface area (Å²) in [4.78, 5) is 27.8. The van der Waals surface area contributed by atoms with E-state index in [1.54, 1.807) is 36.4 Å². The molecule has 124 valence electrons. The number of hydrogen-bond acceptors (Lipinski definition) is 5. The predicted octanol–water partition coefficient (Wildman–Crippen LogP) is 1.60. The lowest BCUT2D eigenvalue weighted by Gasteiger charge is -2.11. The number of pyridine rings is 1. The summed E-state index contributed by atoms with van der Waals surface area (Å²) in [5, 5.41) is 2.66. The van der Waals surface area contributed by atoms with E-state index in [9.17, 15) is 9.59 Å². The number of benzene rings is 1. The first-order valence-corrected chi connectivity index (χ1v) is 7.54. The van der Waals surface area contributed by atoms with Gasteiger partial charge in [0, 0.05) is 18.7 Å². The van der Waals surface area contributed by atoms with E-state index in [1.165, 1.54) is 6.20 Å². The zero-order valence-electron chi connectivity index (χ0n) is 12.9. The Kier molecular flexibility index (Phi) is 4.72. The third-order valence-electron chi connectivity index (χ3n) is 3.61. The molecule has 7 nitrogen and oxygen atoms in total. The first-order valence-electron chi connectivity index (χ1n) is 7.54. The highest BCUT2D eigenvalue weighted by Crippen LogP contribution is 2.17. The summed E-state index contributed by atoms with van der Waals surface area (Å²) < 4.78 is 10.9. The van der Waals surface area contributed by atoms with Crippen molar-refractivity contribution in [3.05, 3.63) is 53.7 Å². The average Bonchev–Trinajstić information content (AvgIpc) is 3.09. The summed E-state index contributed by atoms with van der Waals surface area (Å²) in [6.45, 7) is 1.23. The largest absolute Gasteiger partial charge is 0.472 e. The zero-order chi connectivity index (χ0) is 16.9. The van der Waals surface area contributed by atoms with Crippen LogP contribution in [0.25, 0.3) is 0 Å². The number of anilines is 1. The molecule has 1 aromatic carbocycles. The molecular weight excluding hydrogens is 310 g/mol. The molecule has 2 amide bonds. The lowest BCUT2D eigenvalue weighted by Crippen LogP contribution is -2.19. The molecule has 1 aromatic heterocycles. The Morgan fingerprint density at radius 1 is 1.25 bits per heavy atom. The molecule has 0 saturated carbocycles. The van der Waals surface area contributed by atoms with E-state index in [2.05, 4.69) is 10.3 Å². The maximum atomic E-state index is 12.3. The van der Waals surface area contributed by atoms with Gasteiger partial charge in [0.2, 0.25) is 5.88 Å². The van der Waals surface area contributed by atoms with E-state index >= 15 is 0 Å². The molecule has 1 aliphatic rings. The maximum Gasteiger partial charge on any atom is 0.257 e. The molecule has 0 bridgehead atoms. The molecule has 0 spiro atoms. The number of ether oxygens (including phenoxy) is 2. The molecule has 2 aromatic rings. The maximum absolute atomic E-state index is 12.3. The van der Waals surface area contributed by atoms with Crippen LogP contribution in [0.5, 0.6) is 5.88 Å². The molecule has 24 heavy (non-hydrogen) atoms. The Hall–Kier alpha value is -2.93. The number of aromatic nitrogens is 1. The molecule has 1 atom stereocenters. The minimum atomic E-state index is -0.605. The lowest BCUT2D eigenvalue weighted by atomic mass is 10.1. The van der Waals surface area contributed by atoms with Gasteiger partial charge in [-0.05, 0) is 18.2 Å². The van der Waals surface area contributed by atoms with Crippen LogP contribution in [-0.2, 0) is 4.74 Å². The molecule has 0 radical (unpaired) electrons. The quantitative estimate of drug-likeness (QED) is 0.868.